The van der Waals surface area contributed by atoms with Crippen molar-refractivity contribution in [1.82, 2.24) is 5.32 Å². The summed E-state index contributed by atoms with van der Waals surface area (Å²) in [5, 5.41) is 11.3. The molecular formula is C14H17F2NO4. The van der Waals surface area contributed by atoms with E-state index in [2.05, 4.69) is 10.1 Å². The van der Waals surface area contributed by atoms with E-state index in [1.165, 1.54) is 31.4 Å². The van der Waals surface area contributed by atoms with Gasteiger partial charge >= 0.3 is 6.61 Å². The van der Waals surface area contributed by atoms with Crippen molar-refractivity contribution < 1.29 is 28.2 Å². The summed E-state index contributed by atoms with van der Waals surface area (Å²) >= 11 is 0. The van der Waals surface area contributed by atoms with Gasteiger partial charge in [-0.05, 0) is 19.1 Å². The highest BCUT2D eigenvalue weighted by Crippen LogP contribution is 2.33. The van der Waals surface area contributed by atoms with E-state index in [1.54, 1.807) is 13.0 Å². The summed E-state index contributed by atoms with van der Waals surface area (Å²) in [7, 11) is 1.33. The van der Waals surface area contributed by atoms with E-state index >= 15 is 0 Å². The summed E-state index contributed by atoms with van der Waals surface area (Å²) < 4.78 is 34.2. The Morgan fingerprint density at radius 1 is 1.48 bits per heavy atom. The number of carbonyl (C=O) groups is 1. The van der Waals surface area contributed by atoms with Gasteiger partial charge in [0.2, 0.25) is 5.91 Å². The molecule has 116 valence electrons. The highest BCUT2D eigenvalue weighted by atomic mass is 19.3. The summed E-state index contributed by atoms with van der Waals surface area (Å²) in [6.07, 6.45) is 2.50. The Morgan fingerprint density at radius 2 is 2.19 bits per heavy atom. The van der Waals surface area contributed by atoms with Crippen LogP contribution in [0, 0.1) is 0 Å². The number of alkyl halides is 2. The number of hydrogen-bond acceptors (Lipinski definition) is 4. The third-order valence-corrected chi connectivity index (χ3v) is 2.51. The fraction of sp³-hybridized carbons (Fsp3) is 0.357. The average Bonchev–Trinajstić information content (AvgIpc) is 2.45. The van der Waals surface area contributed by atoms with Crippen molar-refractivity contribution in [2.45, 2.75) is 19.6 Å². The SMILES string of the molecule is COc1cccc(/C=C/C(=O)NC(C)CO)c1OC(F)F. The minimum atomic E-state index is -3.00. The van der Waals surface area contributed by atoms with Crippen LogP contribution in [0.1, 0.15) is 12.5 Å². The molecule has 0 saturated heterocycles. The lowest BCUT2D eigenvalue weighted by Gasteiger charge is -2.12. The number of benzene rings is 1. The lowest BCUT2D eigenvalue weighted by molar-refractivity contribution is -0.117. The maximum absolute atomic E-state index is 12.4. The summed E-state index contributed by atoms with van der Waals surface area (Å²) in [4.78, 5) is 11.5. The summed E-state index contributed by atoms with van der Waals surface area (Å²) in [6, 6.07) is 4.18. The second-order valence-electron chi connectivity index (χ2n) is 4.18. The van der Waals surface area contributed by atoms with Crippen LogP contribution in [0.25, 0.3) is 6.08 Å². The van der Waals surface area contributed by atoms with E-state index in [0.29, 0.717) is 0 Å². The number of carbonyl (C=O) groups excluding carboxylic acids is 1. The van der Waals surface area contributed by atoms with Gasteiger partial charge in [-0.2, -0.15) is 8.78 Å². The number of rotatable bonds is 7. The van der Waals surface area contributed by atoms with Crippen molar-refractivity contribution in [3.05, 3.63) is 29.8 Å². The van der Waals surface area contributed by atoms with Gasteiger partial charge in [-0.15, -0.1) is 0 Å². The molecule has 0 saturated carbocycles. The summed E-state index contributed by atoms with van der Waals surface area (Å²) in [5.41, 5.74) is 0.279. The molecule has 0 aliphatic carbocycles. The van der Waals surface area contributed by atoms with E-state index in [4.69, 9.17) is 9.84 Å². The fourth-order valence-corrected chi connectivity index (χ4v) is 1.54. The van der Waals surface area contributed by atoms with Crippen molar-refractivity contribution in [3.8, 4) is 11.5 Å². The molecule has 1 amide bonds. The molecule has 0 heterocycles. The van der Waals surface area contributed by atoms with Gasteiger partial charge in [0.15, 0.2) is 11.5 Å². The fourth-order valence-electron chi connectivity index (χ4n) is 1.54. The molecule has 0 aliphatic heterocycles. The monoisotopic (exact) mass is 301 g/mol. The highest BCUT2D eigenvalue weighted by Gasteiger charge is 2.14. The first-order valence-corrected chi connectivity index (χ1v) is 6.19. The van der Waals surface area contributed by atoms with Crippen LogP contribution >= 0.6 is 0 Å². The summed E-state index contributed by atoms with van der Waals surface area (Å²) in [5.74, 6) is -0.460. The first kappa shape index (κ1) is 16.9. The zero-order valence-corrected chi connectivity index (χ0v) is 11.7. The van der Waals surface area contributed by atoms with Gasteiger partial charge in [0.25, 0.3) is 0 Å². The number of para-hydroxylation sites is 1. The molecule has 1 rings (SSSR count). The molecule has 0 spiro atoms. The molecule has 1 aromatic carbocycles. The number of halogens is 2. The molecule has 1 aromatic rings. The van der Waals surface area contributed by atoms with E-state index in [1.807, 2.05) is 0 Å². The number of aliphatic hydroxyl groups excluding tert-OH is 1. The second kappa shape index (κ2) is 8.21. The first-order valence-electron chi connectivity index (χ1n) is 6.19. The maximum atomic E-state index is 12.4. The number of methoxy groups -OCH3 is 1. The molecular weight excluding hydrogens is 284 g/mol. The van der Waals surface area contributed by atoms with Crippen LogP contribution in [-0.2, 0) is 4.79 Å². The summed E-state index contributed by atoms with van der Waals surface area (Å²) in [6.45, 7) is -1.57. The third-order valence-electron chi connectivity index (χ3n) is 2.51. The van der Waals surface area contributed by atoms with Crippen molar-refractivity contribution in [3.63, 3.8) is 0 Å². The van der Waals surface area contributed by atoms with Crippen LogP contribution in [0.4, 0.5) is 8.78 Å². The number of amides is 1. The van der Waals surface area contributed by atoms with Gasteiger partial charge in [0.1, 0.15) is 0 Å². The Labute approximate surface area is 121 Å². The first-order chi connectivity index (χ1) is 9.97. The van der Waals surface area contributed by atoms with Crippen LogP contribution in [0.15, 0.2) is 24.3 Å². The minimum Gasteiger partial charge on any atom is -0.493 e. The molecule has 1 atom stereocenters. The third kappa shape index (κ3) is 5.39. The predicted molar refractivity (Wildman–Crippen MR) is 73.4 cm³/mol. The van der Waals surface area contributed by atoms with E-state index in [0.717, 1.165) is 0 Å². The van der Waals surface area contributed by atoms with Gasteiger partial charge in [0.05, 0.1) is 13.7 Å². The Morgan fingerprint density at radius 3 is 2.76 bits per heavy atom. The zero-order valence-electron chi connectivity index (χ0n) is 11.7. The standard InChI is InChI=1S/C14H17F2NO4/c1-9(8-18)17-12(19)7-6-10-4-3-5-11(20-2)13(10)21-14(15)16/h3-7,9,14,18H,8H2,1-2H3,(H,17,19)/b7-6+. The van der Waals surface area contributed by atoms with Gasteiger partial charge in [-0.3, -0.25) is 4.79 Å². The number of hydrogen-bond donors (Lipinski definition) is 2. The number of ether oxygens (including phenoxy) is 2. The zero-order chi connectivity index (χ0) is 15.8. The Bertz CT molecular complexity index is 506. The van der Waals surface area contributed by atoms with Crippen molar-refractivity contribution in [2.75, 3.05) is 13.7 Å². The van der Waals surface area contributed by atoms with Gasteiger partial charge < -0.3 is 19.9 Å². The van der Waals surface area contributed by atoms with Crippen LogP contribution in [-0.4, -0.2) is 37.4 Å². The maximum Gasteiger partial charge on any atom is 0.387 e. The smallest absolute Gasteiger partial charge is 0.387 e. The molecule has 2 N–H and O–H groups in total. The highest BCUT2D eigenvalue weighted by molar-refractivity contribution is 5.92. The van der Waals surface area contributed by atoms with E-state index in [9.17, 15) is 13.6 Å². The molecule has 7 heteroatoms. The quantitative estimate of drug-likeness (QED) is 0.754. The molecule has 5 nitrogen and oxygen atoms in total. The Kier molecular flexibility index (Phi) is 6.61. The lowest BCUT2D eigenvalue weighted by Crippen LogP contribution is -2.33. The second-order valence-corrected chi connectivity index (χ2v) is 4.18. The van der Waals surface area contributed by atoms with Crippen molar-refractivity contribution >= 4 is 12.0 Å². The Hall–Kier alpha value is -2.15. The van der Waals surface area contributed by atoms with Gasteiger partial charge in [-0.25, -0.2) is 0 Å². The van der Waals surface area contributed by atoms with E-state index < -0.39 is 18.6 Å². The largest absolute Gasteiger partial charge is 0.493 e. The van der Waals surface area contributed by atoms with Crippen LogP contribution in [0.2, 0.25) is 0 Å². The molecule has 0 aliphatic rings. The van der Waals surface area contributed by atoms with Gasteiger partial charge in [-0.1, -0.05) is 12.1 Å². The van der Waals surface area contributed by atoms with Crippen LogP contribution < -0.4 is 14.8 Å². The molecule has 0 bridgehead atoms. The van der Waals surface area contributed by atoms with Gasteiger partial charge in [0, 0.05) is 17.7 Å². The predicted octanol–water partition coefficient (Wildman–Crippen LogP) is 1.81. The molecule has 21 heavy (non-hydrogen) atoms. The average molecular weight is 301 g/mol. The molecule has 0 radical (unpaired) electrons. The lowest BCUT2D eigenvalue weighted by atomic mass is 10.1. The normalized spacial score (nSPS) is 12.5. The van der Waals surface area contributed by atoms with Crippen molar-refractivity contribution in [1.29, 1.82) is 0 Å². The number of aliphatic hydroxyl groups is 1. The van der Waals surface area contributed by atoms with Crippen molar-refractivity contribution in [2.24, 2.45) is 0 Å². The topological polar surface area (TPSA) is 67.8 Å². The number of nitrogens with one attached hydrogen (secondary N) is 1. The molecule has 1 unspecified atom stereocenters. The molecule has 0 fully saturated rings. The minimum absolute atomic E-state index is 0.140. The van der Waals surface area contributed by atoms with Crippen LogP contribution in [0.3, 0.4) is 0 Å². The Balaban J connectivity index is 2.94. The molecule has 0 aromatic heterocycles. The van der Waals surface area contributed by atoms with Crippen LogP contribution in [0.5, 0.6) is 11.5 Å². The van der Waals surface area contributed by atoms with E-state index in [-0.39, 0.29) is 23.7 Å².